The van der Waals surface area contributed by atoms with E-state index in [-0.39, 0.29) is 11.8 Å². The topological polar surface area (TPSA) is 37.4 Å². The molecule has 0 atom stereocenters. The standard InChI is InChI=1S/C51H87NO2P/c53-50-48-38-22-23-39-49(48)51(54)52(50)40-24-5-3-1-2-4-6-25-41-55(42-26-10-19-35-45-29-13-7-14-30-45,43-27-11-20-36-46-31-15-8-16-32-46)44-28-12-21-37-47-33-17-9-18-34-47/h22-23,38-39,45-47H,1-21,24-37,40-44H2/q+1. The monoisotopic (exact) mass is 777 g/mol. The van der Waals surface area contributed by atoms with Crippen molar-refractivity contribution in [2.45, 2.75) is 225 Å². The molecule has 55 heavy (non-hydrogen) atoms. The van der Waals surface area contributed by atoms with Crippen molar-refractivity contribution in [1.82, 2.24) is 4.90 Å². The van der Waals surface area contributed by atoms with E-state index in [0.717, 1.165) is 30.6 Å². The van der Waals surface area contributed by atoms with Crippen LogP contribution in [0.25, 0.3) is 0 Å². The summed E-state index contributed by atoms with van der Waals surface area (Å²) >= 11 is 0. The molecule has 1 aromatic carbocycles. The number of imide groups is 1. The SMILES string of the molecule is O=C1c2ccccc2C(=O)N1CCCCCCCCCC[P+](CCCCCC1CCCCC1)(CCCCCC1CCCCC1)CCCCCC1CCCCC1. The number of nitrogens with zero attached hydrogens (tertiary/aromatic N) is 1. The van der Waals surface area contributed by atoms with Crippen LogP contribution in [0.3, 0.4) is 0 Å². The van der Waals surface area contributed by atoms with Gasteiger partial charge in [0.05, 0.1) is 35.8 Å². The maximum absolute atomic E-state index is 12.7. The molecule has 0 unspecified atom stereocenters. The molecule has 1 heterocycles. The number of amides is 2. The number of rotatable bonds is 29. The Morgan fingerprint density at radius 1 is 0.400 bits per heavy atom. The molecule has 3 nitrogen and oxygen atoms in total. The largest absolute Gasteiger partial charge is 0.274 e. The molecular formula is C51H87NO2P+. The second kappa shape index (κ2) is 26.7. The van der Waals surface area contributed by atoms with Gasteiger partial charge >= 0.3 is 0 Å². The maximum atomic E-state index is 12.7. The highest BCUT2D eigenvalue weighted by Crippen LogP contribution is 2.61. The predicted octanol–water partition coefficient (Wildman–Crippen LogP) is 15.8. The predicted molar refractivity (Wildman–Crippen MR) is 240 cm³/mol. The van der Waals surface area contributed by atoms with E-state index in [0.29, 0.717) is 17.7 Å². The van der Waals surface area contributed by atoms with E-state index >= 15 is 0 Å². The van der Waals surface area contributed by atoms with Gasteiger partial charge in [-0.15, -0.1) is 0 Å². The molecule has 0 N–H and O–H groups in total. The van der Waals surface area contributed by atoms with Crippen molar-refractivity contribution in [2.24, 2.45) is 17.8 Å². The van der Waals surface area contributed by atoms with Gasteiger partial charge in [-0.1, -0.05) is 179 Å². The van der Waals surface area contributed by atoms with E-state index in [1.807, 2.05) is 12.1 Å². The van der Waals surface area contributed by atoms with Crippen LogP contribution in [-0.4, -0.2) is 47.9 Å². The number of unbranched alkanes of at least 4 members (excludes halogenated alkanes) is 13. The van der Waals surface area contributed by atoms with Crippen molar-refractivity contribution in [1.29, 1.82) is 0 Å². The van der Waals surface area contributed by atoms with Gasteiger partial charge in [0, 0.05) is 13.8 Å². The lowest BCUT2D eigenvalue weighted by molar-refractivity contribution is 0.0651. The van der Waals surface area contributed by atoms with Crippen LogP contribution in [0, 0.1) is 17.8 Å². The van der Waals surface area contributed by atoms with Gasteiger partial charge in [0.1, 0.15) is 0 Å². The minimum atomic E-state index is -0.886. The van der Waals surface area contributed by atoms with E-state index in [9.17, 15) is 9.59 Å². The second-order valence-electron chi connectivity index (χ2n) is 19.4. The summed E-state index contributed by atoms with van der Waals surface area (Å²) in [5, 5.41) is 0. The fourth-order valence-electron chi connectivity index (χ4n) is 11.5. The summed E-state index contributed by atoms with van der Waals surface area (Å²) in [5.41, 5.74) is 1.16. The molecule has 3 saturated carbocycles. The third-order valence-corrected chi connectivity index (χ3v) is 20.1. The number of carbonyl (C=O) groups excluding carboxylic acids is 2. The molecule has 0 radical (unpaired) electrons. The van der Waals surface area contributed by atoms with Crippen LogP contribution >= 0.6 is 7.26 Å². The van der Waals surface area contributed by atoms with E-state index in [4.69, 9.17) is 0 Å². The first-order valence-corrected chi connectivity index (χ1v) is 27.5. The summed E-state index contributed by atoms with van der Waals surface area (Å²) in [7, 11) is -0.886. The molecule has 5 rings (SSSR count). The van der Waals surface area contributed by atoms with E-state index in [1.165, 1.54) is 217 Å². The Hall–Kier alpha value is -1.21. The Morgan fingerprint density at radius 3 is 1.07 bits per heavy atom. The zero-order chi connectivity index (χ0) is 38.2. The fourth-order valence-corrected chi connectivity index (χ4v) is 16.4. The summed E-state index contributed by atoms with van der Waals surface area (Å²) in [5.74, 6) is 2.96. The summed E-state index contributed by atoms with van der Waals surface area (Å²) in [6.45, 7) is 0.569. The molecule has 2 amide bonds. The minimum absolute atomic E-state index is 0.0992. The first-order valence-electron chi connectivity index (χ1n) is 24.9. The van der Waals surface area contributed by atoms with Gasteiger partial charge in [-0.3, -0.25) is 14.5 Å². The van der Waals surface area contributed by atoms with Crippen LogP contribution in [0.4, 0.5) is 0 Å². The molecule has 3 aliphatic carbocycles. The summed E-state index contributed by atoms with van der Waals surface area (Å²) < 4.78 is 0. The third kappa shape index (κ3) is 16.5. The first kappa shape index (κ1) is 44.9. The minimum Gasteiger partial charge on any atom is -0.274 e. The highest BCUT2D eigenvalue weighted by atomic mass is 31.2. The zero-order valence-electron chi connectivity index (χ0n) is 36.0. The molecule has 3 fully saturated rings. The van der Waals surface area contributed by atoms with E-state index < -0.39 is 7.26 Å². The highest BCUT2D eigenvalue weighted by molar-refractivity contribution is 7.75. The molecule has 1 aliphatic heterocycles. The lowest BCUT2D eigenvalue weighted by atomic mass is 9.86. The molecule has 4 aliphatic rings. The van der Waals surface area contributed by atoms with Gasteiger partial charge in [0.2, 0.25) is 0 Å². The van der Waals surface area contributed by atoms with Crippen LogP contribution in [0.5, 0.6) is 0 Å². The van der Waals surface area contributed by atoms with Crippen LogP contribution in [0.2, 0.25) is 0 Å². The Morgan fingerprint density at radius 2 is 0.709 bits per heavy atom. The first-order chi connectivity index (χ1) is 27.1. The number of benzene rings is 1. The van der Waals surface area contributed by atoms with Crippen molar-refractivity contribution in [2.75, 3.05) is 31.2 Å². The van der Waals surface area contributed by atoms with Crippen LogP contribution in [-0.2, 0) is 0 Å². The number of carbonyl (C=O) groups is 2. The maximum Gasteiger partial charge on any atom is 0.261 e. The number of hydrogen-bond acceptors (Lipinski definition) is 2. The average Bonchev–Trinajstić information content (AvgIpc) is 3.47. The van der Waals surface area contributed by atoms with E-state index in [2.05, 4.69) is 0 Å². The molecule has 4 heteroatoms. The van der Waals surface area contributed by atoms with E-state index in [1.54, 1.807) is 36.8 Å². The van der Waals surface area contributed by atoms with Gasteiger partial charge in [0.25, 0.3) is 11.8 Å². The van der Waals surface area contributed by atoms with Crippen molar-refractivity contribution in [3.8, 4) is 0 Å². The quantitative estimate of drug-likeness (QED) is 0.0462. The van der Waals surface area contributed by atoms with Crippen LogP contribution < -0.4 is 0 Å². The Balaban J connectivity index is 1.03. The smallest absolute Gasteiger partial charge is 0.261 e. The lowest BCUT2D eigenvalue weighted by Gasteiger charge is -2.29. The highest BCUT2D eigenvalue weighted by Gasteiger charge is 2.36. The average molecular weight is 777 g/mol. The van der Waals surface area contributed by atoms with Crippen LogP contribution in [0.1, 0.15) is 245 Å². The Kier molecular flexibility index (Phi) is 21.8. The fraction of sp³-hybridized carbons (Fsp3) is 0.843. The second-order valence-corrected chi connectivity index (χ2v) is 23.9. The Labute approximate surface area is 341 Å². The van der Waals surface area contributed by atoms with Crippen LogP contribution in [0.15, 0.2) is 24.3 Å². The molecule has 0 aromatic heterocycles. The van der Waals surface area contributed by atoms with Crippen molar-refractivity contribution < 1.29 is 9.59 Å². The van der Waals surface area contributed by atoms with Gasteiger partial charge in [-0.25, -0.2) is 0 Å². The molecule has 1 aromatic rings. The molecule has 0 saturated heterocycles. The van der Waals surface area contributed by atoms with Crippen molar-refractivity contribution in [3.05, 3.63) is 35.4 Å². The third-order valence-electron chi connectivity index (χ3n) is 15.1. The van der Waals surface area contributed by atoms with Gasteiger partial charge in [0.15, 0.2) is 0 Å². The van der Waals surface area contributed by atoms with Crippen molar-refractivity contribution in [3.63, 3.8) is 0 Å². The normalized spacial score (nSPS) is 19.1. The van der Waals surface area contributed by atoms with Gasteiger partial charge in [-0.2, -0.15) is 0 Å². The number of hydrogen-bond donors (Lipinski definition) is 0. The van der Waals surface area contributed by atoms with Crippen molar-refractivity contribution >= 4 is 19.1 Å². The molecular weight excluding hydrogens is 690 g/mol. The Bertz CT molecular complexity index is 1070. The summed E-state index contributed by atoms with van der Waals surface area (Å²) in [6.07, 6.45) is 57.5. The lowest BCUT2D eigenvalue weighted by Crippen LogP contribution is -2.30. The summed E-state index contributed by atoms with van der Waals surface area (Å²) in [4.78, 5) is 26.9. The zero-order valence-corrected chi connectivity index (χ0v) is 36.9. The summed E-state index contributed by atoms with van der Waals surface area (Å²) in [6, 6.07) is 7.29. The molecule has 0 bridgehead atoms. The van der Waals surface area contributed by atoms with Gasteiger partial charge < -0.3 is 0 Å². The van der Waals surface area contributed by atoms with Gasteiger partial charge in [-0.05, 0) is 87.7 Å². The number of fused-ring (bicyclic) bond motifs is 1. The molecule has 0 spiro atoms. The molecule has 312 valence electrons.